The normalized spacial score (nSPS) is 11.5. The van der Waals surface area contributed by atoms with Gasteiger partial charge in [0, 0.05) is 23.0 Å². The smallest absolute Gasteiger partial charge is 0.308 e. The Kier molecular flexibility index (Phi) is 5.04. The highest BCUT2D eigenvalue weighted by Crippen LogP contribution is 2.36. The number of nitrogens with one attached hydrogen (secondary N) is 2. The summed E-state index contributed by atoms with van der Waals surface area (Å²) in [6.45, 7) is 0. The number of pyridine rings is 1. The van der Waals surface area contributed by atoms with Gasteiger partial charge >= 0.3 is 12.2 Å². The molecule has 4 rings (SSSR count). The summed E-state index contributed by atoms with van der Waals surface area (Å²) in [6.07, 6.45) is 0.479. The zero-order chi connectivity index (χ0) is 21.3. The first-order valence-electron chi connectivity index (χ1n) is 8.64. The second-order valence-electron chi connectivity index (χ2n) is 6.31. The number of benzene rings is 2. The van der Waals surface area contributed by atoms with Gasteiger partial charge in [-0.15, -0.1) is 0 Å². The van der Waals surface area contributed by atoms with Gasteiger partial charge in [-0.25, -0.2) is 9.48 Å². The first-order valence-corrected chi connectivity index (χ1v) is 9.02. The van der Waals surface area contributed by atoms with Crippen LogP contribution in [0.5, 0.6) is 0 Å². The van der Waals surface area contributed by atoms with Gasteiger partial charge in [-0.05, 0) is 48.5 Å². The summed E-state index contributed by atoms with van der Waals surface area (Å²) < 4.78 is 40.5. The number of aromatic nitrogens is 3. The van der Waals surface area contributed by atoms with Crippen LogP contribution in [0.3, 0.4) is 0 Å². The Balaban J connectivity index is 1.47. The largest absolute Gasteiger partial charge is 0.417 e. The van der Waals surface area contributed by atoms with Crippen molar-refractivity contribution in [1.29, 1.82) is 0 Å². The predicted molar refractivity (Wildman–Crippen MR) is 108 cm³/mol. The summed E-state index contributed by atoms with van der Waals surface area (Å²) in [5.41, 5.74) is 0.995. The van der Waals surface area contributed by atoms with Crippen molar-refractivity contribution in [2.45, 2.75) is 6.18 Å². The number of amides is 2. The summed E-state index contributed by atoms with van der Waals surface area (Å²) in [4.78, 5) is 16.2. The topological polar surface area (TPSA) is 71.8 Å². The van der Waals surface area contributed by atoms with E-state index in [2.05, 4.69) is 20.7 Å². The summed E-state index contributed by atoms with van der Waals surface area (Å²) in [6, 6.07) is 11.1. The third-order valence-corrected chi connectivity index (χ3v) is 4.60. The Bertz CT molecular complexity index is 1220. The lowest BCUT2D eigenvalue weighted by Crippen LogP contribution is -2.20. The molecule has 0 radical (unpaired) electrons. The number of halogens is 4. The molecule has 0 atom stereocenters. The first kappa shape index (κ1) is 19.7. The van der Waals surface area contributed by atoms with Crippen LogP contribution in [0.4, 0.5) is 29.3 Å². The first-order chi connectivity index (χ1) is 14.3. The third-order valence-electron chi connectivity index (χ3n) is 4.27. The molecule has 0 aliphatic heterocycles. The lowest BCUT2D eigenvalue weighted by molar-refractivity contribution is -0.137. The van der Waals surface area contributed by atoms with E-state index in [0.717, 1.165) is 28.7 Å². The van der Waals surface area contributed by atoms with Gasteiger partial charge < -0.3 is 10.6 Å². The van der Waals surface area contributed by atoms with Gasteiger partial charge in [-0.1, -0.05) is 11.6 Å². The Morgan fingerprint density at radius 3 is 2.40 bits per heavy atom. The van der Waals surface area contributed by atoms with Crippen LogP contribution in [0.2, 0.25) is 5.02 Å². The second-order valence-corrected chi connectivity index (χ2v) is 6.72. The Morgan fingerprint density at radius 1 is 0.967 bits per heavy atom. The van der Waals surface area contributed by atoms with Crippen LogP contribution in [-0.4, -0.2) is 20.8 Å². The molecule has 0 aliphatic carbocycles. The minimum absolute atomic E-state index is 0.0312. The van der Waals surface area contributed by atoms with Crippen molar-refractivity contribution in [2.24, 2.45) is 0 Å². The van der Waals surface area contributed by atoms with Crippen molar-refractivity contribution in [3.63, 3.8) is 0 Å². The lowest BCUT2D eigenvalue weighted by atomic mass is 10.2. The number of fused-ring (bicyclic) bond motifs is 1. The van der Waals surface area contributed by atoms with Gasteiger partial charge in [0.15, 0.2) is 0 Å². The molecule has 2 aromatic heterocycles. The standard InChI is InChI=1S/C20H13ClF3N5O/c21-17-6-3-14(9-16(17)20(22,23)24)28-19(30)27-13-1-4-15(5-2-13)29-18-11-25-8-7-12(18)10-26-29/h1-11H,(H2,27,28,30). The minimum Gasteiger partial charge on any atom is -0.308 e. The fourth-order valence-corrected chi connectivity index (χ4v) is 3.10. The van der Waals surface area contributed by atoms with Crippen molar-refractivity contribution in [1.82, 2.24) is 14.8 Å². The molecule has 0 fully saturated rings. The van der Waals surface area contributed by atoms with E-state index in [1.807, 2.05) is 6.07 Å². The Morgan fingerprint density at radius 2 is 1.67 bits per heavy atom. The maximum atomic E-state index is 12.9. The van der Waals surface area contributed by atoms with Crippen LogP contribution in [-0.2, 0) is 6.18 Å². The number of hydrogen-bond acceptors (Lipinski definition) is 3. The highest BCUT2D eigenvalue weighted by molar-refractivity contribution is 6.31. The van der Waals surface area contributed by atoms with E-state index in [-0.39, 0.29) is 5.69 Å². The van der Waals surface area contributed by atoms with E-state index in [1.54, 1.807) is 47.5 Å². The van der Waals surface area contributed by atoms with Gasteiger partial charge in [-0.2, -0.15) is 18.3 Å². The maximum absolute atomic E-state index is 12.9. The number of urea groups is 1. The predicted octanol–water partition coefficient (Wildman–Crippen LogP) is 5.74. The zero-order valence-electron chi connectivity index (χ0n) is 15.1. The molecule has 2 aromatic carbocycles. The molecular weight excluding hydrogens is 419 g/mol. The molecule has 4 aromatic rings. The molecule has 0 saturated heterocycles. The molecular formula is C20H13ClF3N5O. The van der Waals surface area contributed by atoms with E-state index in [1.165, 1.54) is 6.07 Å². The quantitative estimate of drug-likeness (QED) is 0.434. The van der Waals surface area contributed by atoms with E-state index in [4.69, 9.17) is 11.6 Å². The summed E-state index contributed by atoms with van der Waals surface area (Å²) in [7, 11) is 0. The molecule has 0 aliphatic rings. The van der Waals surface area contributed by atoms with Crippen LogP contribution < -0.4 is 10.6 Å². The molecule has 30 heavy (non-hydrogen) atoms. The van der Waals surface area contributed by atoms with Crippen molar-refractivity contribution >= 4 is 39.9 Å². The summed E-state index contributed by atoms with van der Waals surface area (Å²) >= 11 is 5.58. The molecule has 6 nitrogen and oxygen atoms in total. The average Bonchev–Trinajstić information content (AvgIpc) is 3.13. The molecule has 10 heteroatoms. The average molecular weight is 432 g/mol. The molecule has 0 bridgehead atoms. The number of carbonyl (C=O) groups is 1. The van der Waals surface area contributed by atoms with Crippen LogP contribution >= 0.6 is 11.6 Å². The van der Waals surface area contributed by atoms with Gasteiger partial charge in [0.25, 0.3) is 0 Å². The second kappa shape index (κ2) is 7.68. The SMILES string of the molecule is O=C(Nc1ccc(-n2ncc3ccncc32)cc1)Nc1ccc(Cl)c(C(F)(F)F)c1. The van der Waals surface area contributed by atoms with Gasteiger partial charge in [0.2, 0.25) is 0 Å². The fourth-order valence-electron chi connectivity index (χ4n) is 2.87. The van der Waals surface area contributed by atoms with Crippen molar-refractivity contribution < 1.29 is 18.0 Å². The van der Waals surface area contributed by atoms with Gasteiger partial charge in [0.1, 0.15) is 0 Å². The van der Waals surface area contributed by atoms with Crippen molar-refractivity contribution in [3.05, 3.63) is 77.7 Å². The van der Waals surface area contributed by atoms with Crippen LogP contribution in [0.25, 0.3) is 16.6 Å². The Hall–Kier alpha value is -3.59. The highest BCUT2D eigenvalue weighted by Gasteiger charge is 2.33. The van der Waals surface area contributed by atoms with E-state index in [9.17, 15) is 18.0 Å². The van der Waals surface area contributed by atoms with Crippen molar-refractivity contribution in [2.75, 3.05) is 10.6 Å². The molecule has 0 saturated carbocycles. The monoisotopic (exact) mass is 431 g/mol. The maximum Gasteiger partial charge on any atom is 0.417 e. The number of nitrogens with zero attached hydrogens (tertiary/aromatic N) is 3. The van der Waals surface area contributed by atoms with Crippen molar-refractivity contribution in [3.8, 4) is 5.69 Å². The van der Waals surface area contributed by atoms with Crippen LogP contribution in [0.1, 0.15) is 5.56 Å². The molecule has 152 valence electrons. The number of alkyl halides is 3. The number of anilines is 2. The van der Waals surface area contributed by atoms with E-state index >= 15 is 0 Å². The van der Waals surface area contributed by atoms with Gasteiger partial charge in [0.05, 0.1) is 34.2 Å². The molecule has 2 amide bonds. The fraction of sp³-hybridized carbons (Fsp3) is 0.0500. The molecule has 0 unspecified atom stereocenters. The number of rotatable bonds is 3. The molecule has 2 N–H and O–H groups in total. The van der Waals surface area contributed by atoms with Gasteiger partial charge in [-0.3, -0.25) is 4.98 Å². The number of hydrogen-bond donors (Lipinski definition) is 2. The summed E-state index contributed by atoms with van der Waals surface area (Å²) in [5.74, 6) is 0. The minimum atomic E-state index is -4.62. The number of carbonyl (C=O) groups excluding carboxylic acids is 1. The lowest BCUT2D eigenvalue weighted by Gasteiger charge is -2.12. The molecule has 2 heterocycles. The Labute approximate surface area is 173 Å². The van der Waals surface area contributed by atoms with Crippen LogP contribution in [0, 0.1) is 0 Å². The third kappa shape index (κ3) is 4.06. The highest BCUT2D eigenvalue weighted by atomic mass is 35.5. The zero-order valence-corrected chi connectivity index (χ0v) is 15.9. The van der Waals surface area contributed by atoms with Crippen LogP contribution in [0.15, 0.2) is 67.1 Å². The summed E-state index contributed by atoms with van der Waals surface area (Å²) in [5, 5.41) is 9.75. The molecule has 0 spiro atoms. The van der Waals surface area contributed by atoms with E-state index < -0.39 is 22.8 Å². The van der Waals surface area contributed by atoms with E-state index in [0.29, 0.717) is 5.69 Å².